The lowest BCUT2D eigenvalue weighted by atomic mass is 10.1. The molecule has 1 aliphatic rings. The number of hydrogen-bond donors (Lipinski definition) is 0. The van der Waals surface area contributed by atoms with Gasteiger partial charge in [0.05, 0.1) is 13.7 Å². The zero-order chi connectivity index (χ0) is 24.6. The van der Waals surface area contributed by atoms with E-state index in [-0.39, 0.29) is 11.6 Å². The summed E-state index contributed by atoms with van der Waals surface area (Å²) in [4.78, 5) is 21.0. The molecular formula is C27H28N4O4. The Morgan fingerprint density at radius 2 is 1.74 bits per heavy atom. The van der Waals surface area contributed by atoms with Crippen LogP contribution in [0.3, 0.4) is 0 Å². The number of anilines is 1. The number of nitriles is 1. The molecule has 4 rings (SSSR count). The number of rotatable bonds is 8. The zero-order valence-electron chi connectivity index (χ0n) is 19.9. The topological polar surface area (TPSA) is 91.8 Å². The molecule has 1 aliphatic heterocycles. The molecule has 0 spiro atoms. The minimum atomic E-state index is -0.0205. The third-order valence-corrected chi connectivity index (χ3v) is 5.69. The first kappa shape index (κ1) is 23.9. The lowest BCUT2D eigenvalue weighted by Crippen LogP contribution is -2.48. The molecule has 3 aromatic rings. The quantitative estimate of drug-likeness (QED) is 0.477. The van der Waals surface area contributed by atoms with Gasteiger partial charge < -0.3 is 23.7 Å². The first-order valence-electron chi connectivity index (χ1n) is 11.6. The van der Waals surface area contributed by atoms with Crippen molar-refractivity contribution in [2.45, 2.75) is 13.3 Å². The Bertz CT molecular complexity index is 1200. The average Bonchev–Trinajstić information content (AvgIpc) is 3.34. The van der Waals surface area contributed by atoms with E-state index in [0.29, 0.717) is 50.1 Å². The van der Waals surface area contributed by atoms with Crippen LogP contribution in [-0.2, 0) is 0 Å². The maximum atomic E-state index is 12.9. The van der Waals surface area contributed by atoms with Crippen molar-refractivity contribution in [1.29, 1.82) is 5.26 Å². The van der Waals surface area contributed by atoms with E-state index in [9.17, 15) is 10.1 Å². The van der Waals surface area contributed by atoms with Crippen LogP contribution in [0.4, 0.5) is 5.88 Å². The third kappa shape index (κ3) is 5.82. The smallest absolute Gasteiger partial charge is 0.253 e. The minimum absolute atomic E-state index is 0.0205. The lowest BCUT2D eigenvalue weighted by molar-refractivity contribution is 0.0745. The Morgan fingerprint density at radius 1 is 1.06 bits per heavy atom. The summed E-state index contributed by atoms with van der Waals surface area (Å²) in [6, 6.07) is 17.0. The van der Waals surface area contributed by atoms with Crippen molar-refractivity contribution in [3.05, 3.63) is 71.2 Å². The molecule has 0 atom stereocenters. The van der Waals surface area contributed by atoms with Gasteiger partial charge in [0, 0.05) is 37.8 Å². The Labute approximate surface area is 205 Å². The van der Waals surface area contributed by atoms with Gasteiger partial charge in [0.2, 0.25) is 17.5 Å². The summed E-state index contributed by atoms with van der Waals surface area (Å²) in [6.07, 6.45) is 4.54. The van der Waals surface area contributed by atoms with E-state index in [1.165, 1.54) is 0 Å². The second-order valence-corrected chi connectivity index (χ2v) is 8.08. The normalized spacial score (nSPS) is 13.6. The molecule has 35 heavy (non-hydrogen) atoms. The molecule has 180 valence electrons. The molecule has 8 nitrogen and oxygen atoms in total. The molecule has 0 radical (unpaired) electrons. The second-order valence-electron chi connectivity index (χ2n) is 8.08. The van der Waals surface area contributed by atoms with Crippen molar-refractivity contribution < 1.29 is 18.7 Å². The van der Waals surface area contributed by atoms with Gasteiger partial charge in [0.15, 0.2) is 0 Å². The summed E-state index contributed by atoms with van der Waals surface area (Å²) in [7, 11) is 1.62. The second kappa shape index (κ2) is 11.3. The summed E-state index contributed by atoms with van der Waals surface area (Å²) < 4.78 is 16.7. The predicted molar refractivity (Wildman–Crippen MR) is 133 cm³/mol. The fourth-order valence-corrected chi connectivity index (χ4v) is 3.78. The molecule has 0 unspecified atom stereocenters. The van der Waals surface area contributed by atoms with Crippen LogP contribution in [0.1, 0.15) is 40.9 Å². The van der Waals surface area contributed by atoms with Crippen molar-refractivity contribution in [3.63, 3.8) is 0 Å². The van der Waals surface area contributed by atoms with Gasteiger partial charge in [-0.1, -0.05) is 19.1 Å². The molecule has 1 saturated heterocycles. The third-order valence-electron chi connectivity index (χ3n) is 5.69. The van der Waals surface area contributed by atoms with Gasteiger partial charge >= 0.3 is 0 Å². The van der Waals surface area contributed by atoms with Crippen LogP contribution in [0.15, 0.2) is 52.9 Å². The lowest BCUT2D eigenvalue weighted by Gasteiger charge is -2.34. The molecular weight excluding hydrogens is 444 g/mol. The molecule has 2 aromatic carbocycles. The molecule has 1 aromatic heterocycles. The number of amides is 1. The maximum absolute atomic E-state index is 12.9. The van der Waals surface area contributed by atoms with E-state index in [1.54, 1.807) is 25.3 Å². The molecule has 8 heteroatoms. The van der Waals surface area contributed by atoms with Gasteiger partial charge in [-0.25, -0.2) is 0 Å². The van der Waals surface area contributed by atoms with Crippen molar-refractivity contribution in [3.8, 4) is 17.6 Å². The van der Waals surface area contributed by atoms with Crippen LogP contribution in [0, 0.1) is 11.3 Å². The Kier molecular flexibility index (Phi) is 7.68. The van der Waals surface area contributed by atoms with Gasteiger partial charge in [0.25, 0.3) is 5.91 Å². The molecule has 1 amide bonds. The minimum Gasteiger partial charge on any atom is -0.497 e. The summed E-state index contributed by atoms with van der Waals surface area (Å²) in [5, 5.41) is 9.56. The largest absolute Gasteiger partial charge is 0.497 e. The number of hydrogen-bond acceptors (Lipinski definition) is 7. The maximum Gasteiger partial charge on any atom is 0.253 e. The van der Waals surface area contributed by atoms with E-state index in [2.05, 4.69) is 18.0 Å². The van der Waals surface area contributed by atoms with Crippen LogP contribution in [0.25, 0.3) is 12.2 Å². The Hall–Kier alpha value is -4.25. The number of carbonyl (C=O) groups excluding carboxylic acids is 1. The number of oxazole rings is 1. The molecule has 0 aliphatic carbocycles. The van der Waals surface area contributed by atoms with E-state index < -0.39 is 0 Å². The molecule has 0 saturated carbocycles. The highest BCUT2D eigenvalue weighted by Crippen LogP contribution is 2.25. The van der Waals surface area contributed by atoms with Crippen LogP contribution in [-0.4, -0.2) is 55.7 Å². The highest BCUT2D eigenvalue weighted by Gasteiger charge is 2.26. The number of methoxy groups -OCH3 is 1. The first-order valence-corrected chi connectivity index (χ1v) is 11.6. The van der Waals surface area contributed by atoms with Gasteiger partial charge in [-0.2, -0.15) is 10.2 Å². The summed E-state index contributed by atoms with van der Waals surface area (Å²) in [5.74, 6) is 2.32. The summed E-state index contributed by atoms with van der Waals surface area (Å²) in [5.41, 5.74) is 1.83. The van der Waals surface area contributed by atoms with E-state index in [4.69, 9.17) is 13.9 Å². The standard InChI is InChI=1S/C27H28N4O4/c1-3-18-34-23-11-7-21(8-12-23)26(32)30-14-16-31(17-15-30)27-24(19-28)29-25(35-27)13-6-20-4-9-22(33-2)10-5-20/h4-13H,3,14-18H2,1-2H3/b13-6+. The van der Waals surface area contributed by atoms with Gasteiger partial charge in [-0.05, 0) is 54.5 Å². The number of piperazine rings is 1. The summed E-state index contributed by atoms with van der Waals surface area (Å²) in [6.45, 7) is 4.85. The number of carbonyl (C=O) groups is 1. The van der Waals surface area contributed by atoms with E-state index in [0.717, 1.165) is 23.5 Å². The number of benzene rings is 2. The highest BCUT2D eigenvalue weighted by molar-refractivity contribution is 5.94. The van der Waals surface area contributed by atoms with Crippen LogP contribution < -0.4 is 14.4 Å². The van der Waals surface area contributed by atoms with Gasteiger partial charge in [-0.15, -0.1) is 0 Å². The number of aromatic nitrogens is 1. The molecule has 2 heterocycles. The predicted octanol–water partition coefficient (Wildman–Crippen LogP) is 4.48. The Balaban J connectivity index is 1.38. The monoisotopic (exact) mass is 472 g/mol. The van der Waals surface area contributed by atoms with Crippen molar-refractivity contribution in [2.75, 3.05) is 44.8 Å². The summed E-state index contributed by atoms with van der Waals surface area (Å²) >= 11 is 0. The van der Waals surface area contributed by atoms with Crippen LogP contribution in [0.2, 0.25) is 0 Å². The SMILES string of the molecule is CCCOc1ccc(C(=O)N2CCN(c3oc(/C=C/c4ccc(OC)cc4)nc3C#N)CC2)cc1. The number of ether oxygens (including phenoxy) is 2. The zero-order valence-corrected chi connectivity index (χ0v) is 19.9. The van der Waals surface area contributed by atoms with Crippen molar-refractivity contribution in [2.24, 2.45) is 0 Å². The van der Waals surface area contributed by atoms with Crippen LogP contribution >= 0.6 is 0 Å². The molecule has 1 fully saturated rings. The van der Waals surface area contributed by atoms with Crippen LogP contribution in [0.5, 0.6) is 11.5 Å². The number of nitrogens with zero attached hydrogens (tertiary/aromatic N) is 4. The molecule has 0 N–H and O–H groups in total. The van der Waals surface area contributed by atoms with Gasteiger partial charge in [-0.3, -0.25) is 4.79 Å². The van der Waals surface area contributed by atoms with E-state index >= 15 is 0 Å². The highest BCUT2D eigenvalue weighted by atomic mass is 16.5. The first-order chi connectivity index (χ1) is 17.1. The fraction of sp³-hybridized carbons (Fsp3) is 0.296. The fourth-order valence-electron chi connectivity index (χ4n) is 3.78. The van der Waals surface area contributed by atoms with E-state index in [1.807, 2.05) is 52.3 Å². The van der Waals surface area contributed by atoms with Gasteiger partial charge in [0.1, 0.15) is 17.6 Å². The average molecular weight is 473 g/mol. The van der Waals surface area contributed by atoms with Crippen molar-refractivity contribution >= 4 is 23.9 Å². The molecule has 0 bridgehead atoms. The Morgan fingerprint density at radius 3 is 2.37 bits per heavy atom. The van der Waals surface area contributed by atoms with Crippen molar-refractivity contribution in [1.82, 2.24) is 9.88 Å².